The van der Waals surface area contributed by atoms with Gasteiger partial charge in [-0.15, -0.1) is 0 Å². The highest BCUT2D eigenvalue weighted by Crippen LogP contribution is 2.40. The smallest absolute Gasteiger partial charge is 0.235 e. The van der Waals surface area contributed by atoms with Crippen LogP contribution in [-0.2, 0) is 0 Å². The van der Waals surface area contributed by atoms with Crippen LogP contribution in [0.4, 0.5) is 5.69 Å². The summed E-state index contributed by atoms with van der Waals surface area (Å²) < 4.78 is 5.44. The van der Waals surface area contributed by atoms with Crippen LogP contribution in [0.3, 0.4) is 0 Å². The topological polar surface area (TPSA) is 70.0 Å². The molecule has 1 aliphatic rings. The fraction of sp³-hybridized carbons (Fsp3) is 0.118. The van der Waals surface area contributed by atoms with Crippen molar-refractivity contribution in [2.24, 2.45) is 0 Å². The lowest BCUT2D eigenvalue weighted by Crippen LogP contribution is -2.08. The number of carbonyl (C=O) groups is 1. The zero-order chi connectivity index (χ0) is 15.9. The largest absolute Gasteiger partial charge is 0.508 e. The first-order valence-electron chi connectivity index (χ1n) is 6.73. The summed E-state index contributed by atoms with van der Waals surface area (Å²) in [7, 11) is 3.89. The van der Waals surface area contributed by atoms with Crippen LogP contribution in [-0.4, -0.2) is 30.1 Å². The second-order valence-corrected chi connectivity index (χ2v) is 5.26. The predicted octanol–water partition coefficient (Wildman–Crippen LogP) is 2.78. The van der Waals surface area contributed by atoms with E-state index in [1.807, 2.05) is 43.3 Å². The van der Waals surface area contributed by atoms with E-state index >= 15 is 0 Å². The third-order valence-corrected chi connectivity index (χ3v) is 3.44. The monoisotopic (exact) mass is 297 g/mol. The lowest BCUT2D eigenvalue weighted by Gasteiger charge is -2.11. The molecule has 3 rings (SSSR count). The third-order valence-electron chi connectivity index (χ3n) is 3.44. The van der Waals surface area contributed by atoms with Crippen molar-refractivity contribution >= 4 is 17.5 Å². The van der Waals surface area contributed by atoms with E-state index < -0.39 is 5.78 Å². The first-order valence-corrected chi connectivity index (χ1v) is 6.73. The highest BCUT2D eigenvalue weighted by atomic mass is 16.5. The number of fused-ring (bicyclic) bond motifs is 1. The minimum absolute atomic E-state index is 0.0777. The Morgan fingerprint density at radius 2 is 1.77 bits per heavy atom. The molecule has 0 radical (unpaired) electrons. The lowest BCUT2D eigenvalue weighted by atomic mass is 10.1. The summed E-state index contributed by atoms with van der Waals surface area (Å²) in [5.41, 5.74) is 1.94. The van der Waals surface area contributed by atoms with Crippen LogP contribution in [0, 0.1) is 0 Å². The van der Waals surface area contributed by atoms with E-state index in [2.05, 4.69) is 0 Å². The second kappa shape index (κ2) is 5.11. The maximum atomic E-state index is 12.3. The van der Waals surface area contributed by atoms with Crippen molar-refractivity contribution in [1.82, 2.24) is 0 Å². The molecule has 2 N–H and O–H groups in total. The number of ether oxygens (including phenoxy) is 1. The number of hydrogen-bond acceptors (Lipinski definition) is 5. The molecule has 1 heterocycles. The number of anilines is 1. The molecule has 2 aromatic rings. The van der Waals surface area contributed by atoms with E-state index in [9.17, 15) is 15.0 Å². The highest BCUT2D eigenvalue weighted by Gasteiger charge is 2.31. The Kier molecular flexibility index (Phi) is 3.25. The Hall–Kier alpha value is -2.95. The van der Waals surface area contributed by atoms with Gasteiger partial charge in [0.15, 0.2) is 5.76 Å². The molecule has 0 spiro atoms. The maximum absolute atomic E-state index is 12.3. The SMILES string of the molecule is CN(C)c1ccc(/C=C2\Oc3cc(O)cc(O)c3C2=O)cc1. The maximum Gasteiger partial charge on any atom is 0.235 e. The molecule has 5 nitrogen and oxygen atoms in total. The summed E-state index contributed by atoms with van der Waals surface area (Å²) in [5, 5.41) is 19.2. The van der Waals surface area contributed by atoms with Gasteiger partial charge in [-0.05, 0) is 23.8 Å². The van der Waals surface area contributed by atoms with Gasteiger partial charge in [-0.25, -0.2) is 0 Å². The van der Waals surface area contributed by atoms with Gasteiger partial charge in [-0.1, -0.05) is 12.1 Å². The van der Waals surface area contributed by atoms with Gasteiger partial charge < -0.3 is 19.8 Å². The predicted molar refractivity (Wildman–Crippen MR) is 83.5 cm³/mol. The molecule has 0 saturated heterocycles. The second-order valence-electron chi connectivity index (χ2n) is 5.26. The minimum atomic E-state index is -0.399. The van der Waals surface area contributed by atoms with Crippen LogP contribution < -0.4 is 9.64 Å². The molecule has 2 aromatic carbocycles. The van der Waals surface area contributed by atoms with Crippen LogP contribution in [0.1, 0.15) is 15.9 Å². The summed E-state index contributed by atoms with van der Waals surface area (Å²) in [5.74, 6) is -0.552. The number of nitrogens with zero attached hydrogens (tertiary/aromatic N) is 1. The quantitative estimate of drug-likeness (QED) is 0.834. The molecule has 0 bridgehead atoms. The van der Waals surface area contributed by atoms with Crippen LogP contribution in [0.15, 0.2) is 42.2 Å². The van der Waals surface area contributed by atoms with Gasteiger partial charge in [0.05, 0.1) is 0 Å². The Labute approximate surface area is 127 Å². The average Bonchev–Trinajstić information content (AvgIpc) is 2.75. The van der Waals surface area contributed by atoms with Gasteiger partial charge in [-0.3, -0.25) is 4.79 Å². The van der Waals surface area contributed by atoms with Crippen molar-refractivity contribution in [3.63, 3.8) is 0 Å². The van der Waals surface area contributed by atoms with E-state index in [0.717, 1.165) is 17.3 Å². The first kappa shape index (κ1) is 14.0. The Bertz CT molecular complexity index is 776. The van der Waals surface area contributed by atoms with E-state index in [4.69, 9.17) is 4.74 Å². The molecular formula is C17H15NO4. The fourth-order valence-electron chi connectivity index (χ4n) is 2.30. The summed E-state index contributed by atoms with van der Waals surface area (Å²) >= 11 is 0. The van der Waals surface area contributed by atoms with Crippen molar-refractivity contribution in [2.75, 3.05) is 19.0 Å². The number of phenols is 2. The number of Topliss-reactive ketones (excluding diaryl/α,β-unsaturated/α-hetero) is 1. The lowest BCUT2D eigenvalue weighted by molar-refractivity contribution is 0.101. The van der Waals surface area contributed by atoms with Crippen LogP contribution in [0.2, 0.25) is 0 Å². The van der Waals surface area contributed by atoms with Gasteiger partial charge in [0.2, 0.25) is 5.78 Å². The highest BCUT2D eigenvalue weighted by molar-refractivity contribution is 6.16. The van der Waals surface area contributed by atoms with Crippen LogP contribution in [0.25, 0.3) is 6.08 Å². The van der Waals surface area contributed by atoms with Gasteiger partial charge in [0, 0.05) is 31.9 Å². The van der Waals surface area contributed by atoms with Gasteiger partial charge in [0.25, 0.3) is 0 Å². The molecule has 1 aliphatic heterocycles. The van der Waals surface area contributed by atoms with Crippen LogP contribution in [0.5, 0.6) is 17.2 Å². The van der Waals surface area contributed by atoms with E-state index in [1.165, 1.54) is 6.07 Å². The zero-order valence-corrected chi connectivity index (χ0v) is 12.2. The first-order chi connectivity index (χ1) is 10.5. The molecule has 0 aliphatic carbocycles. The van der Waals surface area contributed by atoms with E-state index in [-0.39, 0.29) is 28.6 Å². The number of allylic oxidation sites excluding steroid dienone is 1. The molecule has 0 aromatic heterocycles. The number of carbonyl (C=O) groups excluding carboxylic acids is 1. The molecule has 0 fully saturated rings. The molecule has 22 heavy (non-hydrogen) atoms. The van der Waals surface area contributed by atoms with Crippen molar-refractivity contribution in [3.05, 3.63) is 53.3 Å². The number of ketones is 1. The van der Waals surface area contributed by atoms with Gasteiger partial charge in [-0.2, -0.15) is 0 Å². The summed E-state index contributed by atoms with van der Waals surface area (Å²) in [6.07, 6.45) is 1.61. The summed E-state index contributed by atoms with van der Waals surface area (Å²) in [4.78, 5) is 14.2. The third kappa shape index (κ3) is 2.37. The normalized spacial score (nSPS) is 14.8. The van der Waals surface area contributed by atoms with E-state index in [1.54, 1.807) is 6.08 Å². The number of phenolic OH excluding ortho intramolecular Hbond substituents is 2. The Morgan fingerprint density at radius 1 is 1.09 bits per heavy atom. The zero-order valence-electron chi connectivity index (χ0n) is 12.2. The minimum Gasteiger partial charge on any atom is -0.508 e. The Morgan fingerprint density at radius 3 is 2.41 bits per heavy atom. The van der Waals surface area contributed by atoms with Crippen molar-refractivity contribution in [3.8, 4) is 17.2 Å². The number of benzene rings is 2. The number of hydrogen-bond donors (Lipinski definition) is 2. The molecule has 112 valence electrons. The number of rotatable bonds is 2. The summed E-state index contributed by atoms with van der Waals surface area (Å²) in [6, 6.07) is 10.0. The molecule has 0 amide bonds. The number of aromatic hydroxyl groups is 2. The molecule has 0 unspecified atom stereocenters. The van der Waals surface area contributed by atoms with Crippen molar-refractivity contribution < 1.29 is 19.7 Å². The van der Waals surface area contributed by atoms with Crippen molar-refractivity contribution in [2.45, 2.75) is 0 Å². The van der Waals surface area contributed by atoms with Gasteiger partial charge in [0.1, 0.15) is 22.8 Å². The van der Waals surface area contributed by atoms with Crippen LogP contribution >= 0.6 is 0 Å². The molecule has 0 saturated carbocycles. The molecule has 5 heteroatoms. The standard InChI is InChI=1S/C17H15NO4/c1-18(2)11-5-3-10(4-6-11)7-15-17(21)16-13(20)8-12(19)9-14(16)22-15/h3-9,19-20H,1-2H3/b15-7-. The Balaban J connectivity index is 1.94. The van der Waals surface area contributed by atoms with E-state index in [0.29, 0.717) is 0 Å². The van der Waals surface area contributed by atoms with Crippen molar-refractivity contribution in [1.29, 1.82) is 0 Å². The fourth-order valence-corrected chi connectivity index (χ4v) is 2.30. The van der Waals surface area contributed by atoms with Gasteiger partial charge >= 0.3 is 0 Å². The molecular weight excluding hydrogens is 282 g/mol. The molecule has 0 atom stereocenters. The average molecular weight is 297 g/mol. The summed E-state index contributed by atoms with van der Waals surface area (Å²) in [6.45, 7) is 0.